The Hall–Kier alpha value is -4.16. The monoisotopic (exact) mass is 506 g/mol. The number of amides is 2. The minimum Gasteiger partial charge on any atom is -0.373 e. The molecular weight excluding hydrogens is 479 g/mol. The number of carbonyl (C=O) groups excluding carboxylic acids is 2. The van der Waals surface area contributed by atoms with Gasteiger partial charge in [0.05, 0.1) is 66.0 Å². The van der Waals surface area contributed by atoms with Crippen molar-refractivity contribution < 1.29 is 18.7 Å². The molecule has 0 saturated carbocycles. The van der Waals surface area contributed by atoms with E-state index < -0.39 is 11.7 Å². The van der Waals surface area contributed by atoms with E-state index in [1.54, 1.807) is 17.1 Å². The summed E-state index contributed by atoms with van der Waals surface area (Å²) in [6, 6.07) is 4.04. The van der Waals surface area contributed by atoms with Crippen LogP contribution in [0.2, 0.25) is 0 Å². The molecule has 3 aromatic heterocycles. The number of aromatic nitrogens is 5. The van der Waals surface area contributed by atoms with Crippen LogP contribution < -0.4 is 10.6 Å². The number of fused-ring (bicyclic) bond motifs is 1. The van der Waals surface area contributed by atoms with Gasteiger partial charge in [0.15, 0.2) is 0 Å². The molecule has 0 aliphatic carbocycles. The summed E-state index contributed by atoms with van der Waals surface area (Å²) < 4.78 is 23.4. The van der Waals surface area contributed by atoms with Gasteiger partial charge in [0.25, 0.3) is 5.91 Å². The van der Waals surface area contributed by atoms with E-state index in [1.807, 2.05) is 32.0 Å². The van der Waals surface area contributed by atoms with Gasteiger partial charge in [-0.3, -0.25) is 24.2 Å². The zero-order valence-electron chi connectivity index (χ0n) is 20.7. The fourth-order valence-electron chi connectivity index (χ4n) is 4.47. The van der Waals surface area contributed by atoms with Gasteiger partial charge in [-0.1, -0.05) is 0 Å². The maximum Gasteiger partial charge on any atom is 0.259 e. The Labute approximate surface area is 212 Å². The molecule has 1 aliphatic rings. The molecule has 5 rings (SSSR count). The van der Waals surface area contributed by atoms with Gasteiger partial charge in [-0.25, -0.2) is 8.91 Å². The summed E-state index contributed by atoms with van der Waals surface area (Å²) in [5.74, 6) is -1.41. The fraction of sp³-hybridized carbons (Fsp3) is 0.320. The van der Waals surface area contributed by atoms with Gasteiger partial charge in [0, 0.05) is 37.6 Å². The van der Waals surface area contributed by atoms with Gasteiger partial charge in [-0.05, 0) is 32.0 Å². The Morgan fingerprint density at radius 3 is 2.59 bits per heavy atom. The van der Waals surface area contributed by atoms with E-state index in [-0.39, 0.29) is 35.9 Å². The summed E-state index contributed by atoms with van der Waals surface area (Å²) in [4.78, 5) is 32.0. The fourth-order valence-corrected chi connectivity index (χ4v) is 4.47. The number of anilines is 2. The van der Waals surface area contributed by atoms with Crippen LogP contribution in [0, 0.1) is 5.82 Å². The highest BCUT2D eigenvalue weighted by Gasteiger charge is 2.24. The van der Waals surface area contributed by atoms with Crippen molar-refractivity contribution in [3.8, 4) is 11.3 Å². The quantitative estimate of drug-likeness (QED) is 0.413. The third-order valence-electron chi connectivity index (χ3n) is 6.01. The Bertz CT molecular complexity index is 1460. The van der Waals surface area contributed by atoms with Crippen LogP contribution >= 0.6 is 0 Å². The molecule has 2 amide bonds. The molecule has 1 saturated heterocycles. The second kappa shape index (κ2) is 10.1. The van der Waals surface area contributed by atoms with Crippen LogP contribution in [0.3, 0.4) is 0 Å². The smallest absolute Gasteiger partial charge is 0.259 e. The van der Waals surface area contributed by atoms with E-state index in [9.17, 15) is 14.0 Å². The van der Waals surface area contributed by atoms with Crippen LogP contribution in [0.5, 0.6) is 0 Å². The lowest BCUT2D eigenvalue weighted by Crippen LogP contribution is -2.48. The number of nitrogens with one attached hydrogen (secondary N) is 2. The summed E-state index contributed by atoms with van der Waals surface area (Å²) in [7, 11) is 1.81. The van der Waals surface area contributed by atoms with Crippen LogP contribution in [0.15, 0.2) is 49.2 Å². The van der Waals surface area contributed by atoms with Gasteiger partial charge in [-0.2, -0.15) is 10.2 Å². The first-order chi connectivity index (χ1) is 17.7. The second-order valence-electron chi connectivity index (χ2n) is 9.21. The first kappa shape index (κ1) is 24.5. The van der Waals surface area contributed by atoms with Gasteiger partial charge < -0.3 is 15.4 Å². The van der Waals surface area contributed by atoms with Crippen molar-refractivity contribution in [2.24, 2.45) is 7.05 Å². The molecule has 0 radical (unpaired) electrons. The lowest BCUT2D eigenvalue weighted by atomic mass is 10.2. The number of morpholine rings is 1. The standard InChI is InChI=1S/C25H27FN8O3/c1-15-10-33(11-16(2)37-15)14-24(35)30-18-4-5-20(26)21(6-18)31-25(36)19-8-29-34-13-22(27-9-23(19)34)17-7-28-32(3)12-17/h4-9,12-13,15-16H,10-11,14H2,1-3H3,(H,30,35)(H,31,36)/t15-,16-/m1/s1. The number of rotatable bonds is 6. The lowest BCUT2D eigenvalue weighted by molar-refractivity contribution is -0.121. The van der Waals surface area contributed by atoms with Crippen LogP contribution in [0.25, 0.3) is 16.8 Å². The zero-order valence-corrected chi connectivity index (χ0v) is 20.7. The van der Waals surface area contributed by atoms with Crippen LogP contribution in [-0.2, 0) is 16.6 Å². The minimum atomic E-state index is -0.629. The van der Waals surface area contributed by atoms with E-state index in [1.165, 1.54) is 35.1 Å². The van der Waals surface area contributed by atoms with E-state index in [0.29, 0.717) is 30.0 Å². The topological polar surface area (TPSA) is 119 Å². The molecule has 37 heavy (non-hydrogen) atoms. The Morgan fingerprint density at radius 1 is 1.08 bits per heavy atom. The zero-order chi connectivity index (χ0) is 26.1. The molecule has 192 valence electrons. The molecule has 2 N–H and O–H groups in total. The Kier molecular flexibility index (Phi) is 6.68. The van der Waals surface area contributed by atoms with Crippen molar-refractivity contribution in [2.45, 2.75) is 26.1 Å². The number of hydrogen-bond acceptors (Lipinski definition) is 7. The number of halogens is 1. The maximum atomic E-state index is 14.5. The van der Waals surface area contributed by atoms with E-state index >= 15 is 0 Å². The van der Waals surface area contributed by atoms with Crippen molar-refractivity contribution in [3.63, 3.8) is 0 Å². The summed E-state index contributed by atoms with van der Waals surface area (Å²) in [6.07, 6.45) is 8.21. The highest BCUT2D eigenvalue weighted by Crippen LogP contribution is 2.23. The van der Waals surface area contributed by atoms with Gasteiger partial charge >= 0.3 is 0 Å². The maximum absolute atomic E-state index is 14.5. The summed E-state index contributed by atoms with van der Waals surface area (Å²) >= 11 is 0. The molecule has 0 spiro atoms. The predicted octanol–water partition coefficient (Wildman–Crippen LogP) is 2.57. The van der Waals surface area contributed by atoms with Gasteiger partial charge in [0.2, 0.25) is 5.91 Å². The molecule has 1 aromatic carbocycles. The van der Waals surface area contributed by atoms with Crippen molar-refractivity contribution in [1.82, 2.24) is 29.3 Å². The number of benzene rings is 1. The Balaban J connectivity index is 1.28. The minimum absolute atomic E-state index is 0.0428. The summed E-state index contributed by atoms with van der Waals surface area (Å²) in [5.41, 5.74) is 2.46. The molecule has 1 aliphatic heterocycles. The molecule has 4 aromatic rings. The normalized spacial score (nSPS) is 18.2. The first-order valence-corrected chi connectivity index (χ1v) is 11.9. The first-order valence-electron chi connectivity index (χ1n) is 11.9. The predicted molar refractivity (Wildman–Crippen MR) is 135 cm³/mol. The molecule has 12 heteroatoms. The summed E-state index contributed by atoms with van der Waals surface area (Å²) in [6.45, 7) is 5.43. The average molecular weight is 507 g/mol. The number of hydrogen-bond donors (Lipinski definition) is 2. The average Bonchev–Trinajstić information content (AvgIpc) is 3.46. The third kappa shape index (κ3) is 5.49. The Morgan fingerprint density at radius 2 is 1.86 bits per heavy atom. The number of carbonyl (C=O) groups is 2. The van der Waals surface area contributed by atoms with Crippen molar-refractivity contribution in [2.75, 3.05) is 30.3 Å². The number of aryl methyl sites for hydroxylation is 1. The van der Waals surface area contributed by atoms with Crippen LogP contribution in [0.1, 0.15) is 24.2 Å². The molecule has 2 atom stereocenters. The number of nitrogens with zero attached hydrogens (tertiary/aromatic N) is 6. The molecule has 1 fully saturated rings. The SMILES string of the molecule is C[C@@H]1CN(CC(=O)Nc2ccc(F)c(NC(=O)c3cnn4cc(-c5cnn(C)c5)ncc34)c2)C[C@@H](C)O1. The van der Waals surface area contributed by atoms with Crippen molar-refractivity contribution >= 4 is 28.7 Å². The second-order valence-corrected chi connectivity index (χ2v) is 9.21. The highest BCUT2D eigenvalue weighted by atomic mass is 19.1. The van der Waals surface area contributed by atoms with E-state index in [2.05, 4.69) is 25.8 Å². The van der Waals surface area contributed by atoms with Gasteiger partial charge in [0.1, 0.15) is 5.82 Å². The molecular formula is C25H27FN8O3. The van der Waals surface area contributed by atoms with Gasteiger partial charge in [-0.15, -0.1) is 0 Å². The lowest BCUT2D eigenvalue weighted by Gasteiger charge is -2.34. The molecule has 11 nitrogen and oxygen atoms in total. The van der Waals surface area contributed by atoms with Crippen molar-refractivity contribution in [1.29, 1.82) is 0 Å². The highest BCUT2D eigenvalue weighted by molar-refractivity contribution is 6.09. The van der Waals surface area contributed by atoms with E-state index in [0.717, 1.165) is 5.56 Å². The summed E-state index contributed by atoms with van der Waals surface area (Å²) in [5, 5.41) is 13.7. The van der Waals surface area contributed by atoms with Crippen LogP contribution in [0.4, 0.5) is 15.8 Å². The third-order valence-corrected chi connectivity index (χ3v) is 6.01. The van der Waals surface area contributed by atoms with E-state index in [4.69, 9.17) is 4.74 Å². The number of ether oxygens (including phenoxy) is 1. The largest absolute Gasteiger partial charge is 0.373 e. The molecule has 4 heterocycles. The molecule has 0 bridgehead atoms. The van der Waals surface area contributed by atoms with Crippen LogP contribution in [-0.4, -0.2) is 72.9 Å². The molecule has 0 unspecified atom stereocenters. The van der Waals surface area contributed by atoms with Crippen molar-refractivity contribution in [3.05, 3.63) is 60.6 Å².